The highest BCUT2D eigenvalue weighted by atomic mass is 16.6. The van der Waals surface area contributed by atoms with Crippen LogP contribution in [0.4, 0.5) is 4.79 Å². The Morgan fingerprint density at radius 3 is 2.42 bits per heavy atom. The Bertz CT molecular complexity index is 593. The monoisotopic (exact) mass is 333 g/mol. The molecule has 0 radical (unpaired) electrons. The van der Waals surface area contributed by atoms with E-state index in [1.807, 2.05) is 44.2 Å². The van der Waals surface area contributed by atoms with Gasteiger partial charge in [0, 0.05) is 13.2 Å². The maximum atomic E-state index is 12.6. The van der Waals surface area contributed by atoms with Gasteiger partial charge >= 0.3 is 6.09 Å². The number of carbonyl (C=O) groups is 2. The predicted molar refractivity (Wildman–Crippen MR) is 91.5 cm³/mol. The van der Waals surface area contributed by atoms with Gasteiger partial charge in [0.05, 0.1) is 11.5 Å². The lowest BCUT2D eigenvalue weighted by molar-refractivity contribution is -0.169. The number of rotatable bonds is 5. The zero-order chi connectivity index (χ0) is 18.0. The van der Waals surface area contributed by atoms with E-state index in [9.17, 15) is 9.59 Å². The first-order valence-corrected chi connectivity index (χ1v) is 8.42. The Balaban J connectivity index is 2.29. The molecular weight excluding hydrogens is 306 g/mol. The Hall–Kier alpha value is -1.88. The predicted octanol–water partition coefficient (Wildman–Crippen LogP) is 3.72. The van der Waals surface area contributed by atoms with Gasteiger partial charge in [-0.2, -0.15) is 0 Å². The van der Waals surface area contributed by atoms with E-state index < -0.39 is 17.2 Å². The van der Waals surface area contributed by atoms with Crippen LogP contribution in [0.5, 0.6) is 0 Å². The molecule has 24 heavy (non-hydrogen) atoms. The summed E-state index contributed by atoms with van der Waals surface area (Å²) in [5.74, 6) is -0.491. The molecule has 1 aromatic rings. The third-order valence-electron chi connectivity index (χ3n) is 4.35. The molecule has 2 atom stereocenters. The van der Waals surface area contributed by atoms with Crippen LogP contribution in [0.3, 0.4) is 0 Å². The number of nitrogens with zero attached hydrogens (tertiary/aromatic N) is 1. The summed E-state index contributed by atoms with van der Waals surface area (Å²) in [6, 6.07) is 9.63. The average Bonchev–Trinajstić information content (AvgIpc) is 2.50. The van der Waals surface area contributed by atoms with Crippen LogP contribution in [0.2, 0.25) is 0 Å². The molecule has 132 valence electrons. The number of hydrogen-bond acceptors (Lipinski definition) is 4. The summed E-state index contributed by atoms with van der Waals surface area (Å²) in [5.41, 5.74) is -0.430. The van der Waals surface area contributed by atoms with E-state index in [2.05, 4.69) is 0 Å². The number of benzene rings is 1. The molecule has 0 aromatic heterocycles. The Kier molecular flexibility index (Phi) is 5.33. The molecule has 1 heterocycles. The Morgan fingerprint density at radius 1 is 1.25 bits per heavy atom. The fourth-order valence-electron chi connectivity index (χ4n) is 3.16. The molecule has 1 fully saturated rings. The number of β-lactam (4-membered cyclic amide) rings is 1. The first-order chi connectivity index (χ1) is 11.2. The van der Waals surface area contributed by atoms with E-state index in [1.165, 1.54) is 4.90 Å². The fraction of sp³-hybridized carbons (Fsp3) is 0.579. The molecule has 0 N–H and O–H groups in total. The van der Waals surface area contributed by atoms with E-state index in [-0.39, 0.29) is 11.8 Å². The summed E-state index contributed by atoms with van der Waals surface area (Å²) >= 11 is 0. The van der Waals surface area contributed by atoms with Crippen molar-refractivity contribution >= 4 is 12.0 Å². The summed E-state index contributed by atoms with van der Waals surface area (Å²) in [6.45, 7) is 10.3. The second kappa shape index (κ2) is 6.93. The van der Waals surface area contributed by atoms with E-state index >= 15 is 0 Å². The van der Waals surface area contributed by atoms with Crippen LogP contribution in [0, 0.1) is 5.92 Å². The van der Waals surface area contributed by atoms with Gasteiger partial charge in [0.2, 0.25) is 5.91 Å². The van der Waals surface area contributed by atoms with Gasteiger partial charge in [-0.25, -0.2) is 9.69 Å². The third kappa shape index (κ3) is 3.46. The smallest absolute Gasteiger partial charge is 0.417 e. The standard InChI is InChI=1S/C19H27NO4/c1-6-23-13-12-15-16(21)20(17(22)24-18(2,3)4)19(15,5)14-10-8-7-9-11-14/h7-11,15H,6,12-13H2,1-5H3/t15-,19-/m0/s1. The van der Waals surface area contributed by atoms with E-state index in [4.69, 9.17) is 9.47 Å². The number of likely N-dealkylation sites (tertiary alicyclic amines) is 1. The van der Waals surface area contributed by atoms with Gasteiger partial charge in [0.25, 0.3) is 0 Å². The van der Waals surface area contributed by atoms with Crippen LogP contribution >= 0.6 is 0 Å². The number of ether oxygens (including phenoxy) is 2. The van der Waals surface area contributed by atoms with Gasteiger partial charge in [0.1, 0.15) is 5.60 Å². The van der Waals surface area contributed by atoms with Gasteiger partial charge < -0.3 is 9.47 Å². The van der Waals surface area contributed by atoms with Gasteiger partial charge in [-0.1, -0.05) is 30.3 Å². The van der Waals surface area contributed by atoms with Crippen molar-refractivity contribution in [3.8, 4) is 0 Å². The maximum Gasteiger partial charge on any atom is 0.417 e. The highest BCUT2D eigenvalue weighted by Gasteiger charge is 2.61. The van der Waals surface area contributed by atoms with Crippen molar-refractivity contribution in [1.82, 2.24) is 4.90 Å². The topological polar surface area (TPSA) is 55.8 Å². The minimum Gasteiger partial charge on any atom is -0.443 e. The van der Waals surface area contributed by atoms with E-state index in [0.29, 0.717) is 19.6 Å². The summed E-state index contributed by atoms with van der Waals surface area (Å²) < 4.78 is 10.8. The normalized spacial score (nSPS) is 23.8. The van der Waals surface area contributed by atoms with Crippen molar-refractivity contribution in [3.63, 3.8) is 0 Å². The summed E-state index contributed by atoms with van der Waals surface area (Å²) in [4.78, 5) is 26.5. The fourth-order valence-corrected chi connectivity index (χ4v) is 3.16. The van der Waals surface area contributed by atoms with Gasteiger partial charge in [-0.15, -0.1) is 0 Å². The molecule has 0 spiro atoms. The highest BCUT2D eigenvalue weighted by Crippen LogP contribution is 2.48. The van der Waals surface area contributed by atoms with Crippen LogP contribution in [0.25, 0.3) is 0 Å². The van der Waals surface area contributed by atoms with Crippen LogP contribution in [-0.2, 0) is 19.8 Å². The van der Waals surface area contributed by atoms with Crippen molar-refractivity contribution in [1.29, 1.82) is 0 Å². The van der Waals surface area contributed by atoms with Crippen molar-refractivity contribution in [2.24, 2.45) is 5.92 Å². The lowest BCUT2D eigenvalue weighted by atomic mass is 9.69. The molecule has 1 saturated heterocycles. The summed E-state index contributed by atoms with van der Waals surface area (Å²) in [6.07, 6.45) is -0.0105. The molecule has 0 aliphatic carbocycles. The molecule has 1 aromatic carbocycles. The Labute approximate surface area is 143 Å². The molecule has 2 rings (SSSR count). The largest absolute Gasteiger partial charge is 0.443 e. The molecule has 1 aliphatic heterocycles. The third-order valence-corrected chi connectivity index (χ3v) is 4.35. The SMILES string of the molecule is CCOCC[C@H]1C(=O)N(C(=O)OC(C)(C)C)[C@@]1(C)c1ccccc1. The van der Waals surface area contributed by atoms with E-state index in [0.717, 1.165) is 5.56 Å². The first kappa shape index (κ1) is 18.5. The van der Waals surface area contributed by atoms with Crippen molar-refractivity contribution in [3.05, 3.63) is 35.9 Å². The van der Waals surface area contributed by atoms with Crippen molar-refractivity contribution in [2.75, 3.05) is 13.2 Å². The summed E-state index contributed by atoms with van der Waals surface area (Å²) in [5, 5.41) is 0. The van der Waals surface area contributed by atoms with Gasteiger partial charge in [0.15, 0.2) is 0 Å². The second-order valence-electron chi connectivity index (χ2n) is 7.21. The zero-order valence-electron chi connectivity index (χ0n) is 15.2. The molecule has 2 amide bonds. The molecule has 0 unspecified atom stereocenters. The van der Waals surface area contributed by atoms with Crippen LogP contribution in [0.1, 0.15) is 46.6 Å². The summed E-state index contributed by atoms with van der Waals surface area (Å²) in [7, 11) is 0. The van der Waals surface area contributed by atoms with Crippen molar-refractivity contribution < 1.29 is 19.1 Å². The van der Waals surface area contributed by atoms with Crippen LogP contribution in [0.15, 0.2) is 30.3 Å². The van der Waals surface area contributed by atoms with Crippen LogP contribution in [-0.4, -0.2) is 35.7 Å². The minimum absolute atomic E-state index is 0.199. The number of amides is 2. The molecule has 5 heteroatoms. The quantitative estimate of drug-likeness (QED) is 0.609. The van der Waals surface area contributed by atoms with Crippen molar-refractivity contribution in [2.45, 2.75) is 52.2 Å². The lowest BCUT2D eigenvalue weighted by Gasteiger charge is -2.54. The number of hydrogen-bond donors (Lipinski definition) is 0. The average molecular weight is 333 g/mol. The number of imide groups is 1. The van der Waals surface area contributed by atoms with Gasteiger partial charge in [-0.05, 0) is 46.6 Å². The minimum atomic E-state index is -0.711. The number of carbonyl (C=O) groups excluding carboxylic acids is 2. The molecule has 1 aliphatic rings. The second-order valence-corrected chi connectivity index (χ2v) is 7.21. The molecule has 0 saturated carbocycles. The van der Waals surface area contributed by atoms with Crippen LogP contribution < -0.4 is 0 Å². The molecule has 5 nitrogen and oxygen atoms in total. The highest BCUT2D eigenvalue weighted by molar-refractivity contribution is 6.01. The maximum absolute atomic E-state index is 12.6. The zero-order valence-corrected chi connectivity index (χ0v) is 15.2. The molecular formula is C19H27NO4. The first-order valence-electron chi connectivity index (χ1n) is 8.42. The van der Waals surface area contributed by atoms with E-state index in [1.54, 1.807) is 20.8 Å². The Morgan fingerprint density at radius 2 is 1.88 bits per heavy atom. The van der Waals surface area contributed by atoms with Gasteiger partial charge in [-0.3, -0.25) is 4.79 Å². The lowest BCUT2D eigenvalue weighted by Crippen LogP contribution is -2.69. The molecule has 0 bridgehead atoms.